The molecule has 1 aromatic heterocycles. The Hall–Kier alpha value is -3.00. The fraction of sp³-hybridized carbons (Fsp3) is 0.273. The molecule has 2 aromatic carbocycles. The molecule has 0 unspecified atom stereocenters. The Labute approximate surface area is 178 Å². The molecule has 30 heavy (non-hydrogen) atoms. The first-order valence-electron chi connectivity index (χ1n) is 9.52. The number of fused-ring (bicyclic) bond motifs is 1. The van der Waals surface area contributed by atoms with Crippen molar-refractivity contribution in [2.24, 2.45) is 0 Å². The second-order valence-electron chi connectivity index (χ2n) is 6.89. The normalized spacial score (nSPS) is 13.1. The number of hydrogen-bond acceptors (Lipinski definition) is 5. The van der Waals surface area contributed by atoms with Crippen molar-refractivity contribution in [2.75, 3.05) is 26.5 Å². The lowest BCUT2D eigenvalue weighted by atomic mass is 9.99. The maximum atomic E-state index is 13.6. The Morgan fingerprint density at radius 1 is 1.17 bits per heavy atom. The summed E-state index contributed by atoms with van der Waals surface area (Å²) in [4.78, 5) is 19.0. The summed E-state index contributed by atoms with van der Waals surface area (Å²) in [6, 6.07) is 10.2. The first-order chi connectivity index (χ1) is 14.6. The number of benzene rings is 2. The van der Waals surface area contributed by atoms with Gasteiger partial charge in [-0.2, -0.15) is 0 Å². The summed E-state index contributed by atoms with van der Waals surface area (Å²) in [5.41, 5.74) is 2.92. The highest BCUT2D eigenvalue weighted by Gasteiger charge is 2.23. The lowest BCUT2D eigenvalue weighted by molar-refractivity contribution is -0.129. The average Bonchev–Trinajstić information content (AvgIpc) is 3.24. The van der Waals surface area contributed by atoms with Crippen molar-refractivity contribution in [3.05, 3.63) is 65.7 Å². The van der Waals surface area contributed by atoms with Crippen LogP contribution in [0.3, 0.4) is 0 Å². The number of carbonyl (C=O) groups excluding carboxylic acids is 1. The van der Waals surface area contributed by atoms with Crippen LogP contribution in [0.25, 0.3) is 5.69 Å². The van der Waals surface area contributed by atoms with E-state index >= 15 is 0 Å². The lowest BCUT2D eigenvalue weighted by Gasteiger charge is -2.29. The van der Waals surface area contributed by atoms with Crippen LogP contribution in [0.1, 0.15) is 11.1 Å². The fourth-order valence-corrected chi connectivity index (χ4v) is 4.41. The molecule has 0 spiro atoms. The topological polar surface area (TPSA) is 56.6 Å². The smallest absolute Gasteiger partial charge is 0.233 e. The summed E-state index contributed by atoms with van der Waals surface area (Å²) >= 11 is 1.34. The largest absolute Gasteiger partial charge is 0.493 e. The van der Waals surface area contributed by atoms with E-state index in [0.717, 1.165) is 12.0 Å². The number of halogens is 1. The SMILES string of the molecule is COc1cc2c(cc1OC)CN(C(=O)CSc1nccn1-c1cccc(F)c1)CC2. The van der Waals surface area contributed by atoms with E-state index < -0.39 is 0 Å². The van der Waals surface area contributed by atoms with Crippen molar-refractivity contribution < 1.29 is 18.7 Å². The summed E-state index contributed by atoms with van der Waals surface area (Å²) in [5, 5.41) is 0.651. The van der Waals surface area contributed by atoms with Gasteiger partial charge in [0.15, 0.2) is 16.7 Å². The Kier molecular flexibility index (Phi) is 5.94. The molecule has 6 nitrogen and oxygen atoms in total. The summed E-state index contributed by atoms with van der Waals surface area (Å²) in [6.45, 7) is 1.19. The molecule has 0 N–H and O–H groups in total. The van der Waals surface area contributed by atoms with Gasteiger partial charge >= 0.3 is 0 Å². The van der Waals surface area contributed by atoms with E-state index in [9.17, 15) is 9.18 Å². The molecule has 1 aliphatic rings. The van der Waals surface area contributed by atoms with Crippen LogP contribution in [0.15, 0.2) is 53.9 Å². The Morgan fingerprint density at radius 2 is 1.93 bits per heavy atom. The molecule has 2 heterocycles. The number of amides is 1. The molecule has 0 radical (unpaired) electrons. The van der Waals surface area contributed by atoms with E-state index in [4.69, 9.17) is 9.47 Å². The van der Waals surface area contributed by atoms with Gasteiger partial charge in [0, 0.05) is 25.5 Å². The van der Waals surface area contributed by atoms with Crippen molar-refractivity contribution in [3.8, 4) is 17.2 Å². The zero-order chi connectivity index (χ0) is 21.1. The molecule has 0 saturated heterocycles. The number of imidazole rings is 1. The first kappa shape index (κ1) is 20.3. The molecular formula is C22H22FN3O3S. The Balaban J connectivity index is 1.43. The maximum absolute atomic E-state index is 13.6. The van der Waals surface area contributed by atoms with Crippen molar-refractivity contribution in [3.63, 3.8) is 0 Å². The van der Waals surface area contributed by atoms with Gasteiger partial charge < -0.3 is 14.4 Å². The van der Waals surface area contributed by atoms with Crippen LogP contribution < -0.4 is 9.47 Å². The zero-order valence-electron chi connectivity index (χ0n) is 16.8. The molecule has 1 aliphatic heterocycles. The number of ether oxygens (including phenoxy) is 2. The van der Waals surface area contributed by atoms with Crippen LogP contribution in [-0.4, -0.2) is 46.9 Å². The second-order valence-corrected chi connectivity index (χ2v) is 7.83. The number of thioether (sulfide) groups is 1. The number of carbonyl (C=O) groups is 1. The predicted molar refractivity (Wildman–Crippen MR) is 113 cm³/mol. The minimum absolute atomic E-state index is 0.0363. The number of methoxy groups -OCH3 is 2. The number of aromatic nitrogens is 2. The zero-order valence-corrected chi connectivity index (χ0v) is 17.6. The van der Waals surface area contributed by atoms with Crippen molar-refractivity contribution in [2.45, 2.75) is 18.1 Å². The minimum atomic E-state index is -0.313. The summed E-state index contributed by atoms with van der Waals surface area (Å²) < 4.78 is 26.1. The van der Waals surface area contributed by atoms with Gasteiger partial charge in [-0.25, -0.2) is 9.37 Å². The number of rotatable bonds is 6. The van der Waals surface area contributed by atoms with Gasteiger partial charge in [-0.3, -0.25) is 9.36 Å². The molecule has 3 aromatic rings. The third-order valence-corrected chi connectivity index (χ3v) is 6.04. The van der Waals surface area contributed by atoms with Crippen LogP contribution in [0.2, 0.25) is 0 Å². The van der Waals surface area contributed by atoms with Crippen molar-refractivity contribution in [1.29, 1.82) is 0 Å². The van der Waals surface area contributed by atoms with E-state index in [0.29, 0.717) is 35.4 Å². The molecule has 0 saturated carbocycles. The maximum Gasteiger partial charge on any atom is 0.233 e. The molecule has 8 heteroatoms. The van der Waals surface area contributed by atoms with E-state index in [1.165, 1.54) is 29.5 Å². The van der Waals surface area contributed by atoms with Gasteiger partial charge in [0.1, 0.15) is 5.82 Å². The predicted octanol–water partition coefficient (Wildman–Crippen LogP) is 3.71. The Morgan fingerprint density at radius 3 is 2.67 bits per heavy atom. The highest BCUT2D eigenvalue weighted by atomic mass is 32.2. The molecular weight excluding hydrogens is 405 g/mol. The molecule has 0 fully saturated rings. The van der Waals surface area contributed by atoms with Crippen LogP contribution >= 0.6 is 11.8 Å². The lowest BCUT2D eigenvalue weighted by Crippen LogP contribution is -2.37. The quantitative estimate of drug-likeness (QED) is 0.562. The van der Waals surface area contributed by atoms with Crippen LogP contribution in [0.4, 0.5) is 4.39 Å². The van der Waals surface area contributed by atoms with Gasteiger partial charge in [0.05, 0.1) is 25.7 Å². The second kappa shape index (κ2) is 8.79. The van der Waals surface area contributed by atoms with Gasteiger partial charge in [-0.15, -0.1) is 0 Å². The minimum Gasteiger partial charge on any atom is -0.493 e. The van der Waals surface area contributed by atoms with E-state index in [1.54, 1.807) is 43.3 Å². The van der Waals surface area contributed by atoms with Crippen LogP contribution in [0, 0.1) is 5.82 Å². The molecule has 4 rings (SSSR count). The van der Waals surface area contributed by atoms with Crippen LogP contribution in [-0.2, 0) is 17.8 Å². The van der Waals surface area contributed by atoms with Gasteiger partial charge in [0.25, 0.3) is 0 Å². The van der Waals surface area contributed by atoms with E-state index in [2.05, 4.69) is 4.98 Å². The standard InChI is InChI=1S/C22H22FN3O3S/c1-28-19-10-15-6-8-25(13-16(15)11-20(19)29-2)21(27)14-30-22-24-7-9-26(22)18-5-3-4-17(23)12-18/h3-5,7,9-12H,6,8,13-14H2,1-2H3. The number of nitrogens with zero attached hydrogens (tertiary/aromatic N) is 3. The van der Waals surface area contributed by atoms with Gasteiger partial charge in [-0.1, -0.05) is 17.8 Å². The monoisotopic (exact) mass is 427 g/mol. The van der Waals surface area contributed by atoms with E-state index in [-0.39, 0.29) is 17.5 Å². The summed E-state index contributed by atoms with van der Waals surface area (Å²) in [7, 11) is 3.22. The highest BCUT2D eigenvalue weighted by Crippen LogP contribution is 2.33. The highest BCUT2D eigenvalue weighted by molar-refractivity contribution is 7.99. The Bertz CT molecular complexity index is 1070. The molecule has 0 bridgehead atoms. The third-order valence-electron chi connectivity index (χ3n) is 5.09. The molecule has 0 aliphatic carbocycles. The molecule has 156 valence electrons. The van der Waals surface area contributed by atoms with Crippen LogP contribution in [0.5, 0.6) is 11.5 Å². The number of hydrogen-bond donors (Lipinski definition) is 0. The summed E-state index contributed by atoms with van der Waals surface area (Å²) in [5.74, 6) is 1.35. The molecule has 1 amide bonds. The van der Waals surface area contributed by atoms with Gasteiger partial charge in [0.2, 0.25) is 5.91 Å². The van der Waals surface area contributed by atoms with Crippen molar-refractivity contribution in [1.82, 2.24) is 14.5 Å². The van der Waals surface area contributed by atoms with Crippen molar-refractivity contribution >= 4 is 17.7 Å². The third kappa shape index (κ3) is 4.14. The van der Waals surface area contributed by atoms with Gasteiger partial charge in [-0.05, 0) is 47.9 Å². The molecule has 0 atom stereocenters. The summed E-state index contributed by atoms with van der Waals surface area (Å²) in [6.07, 6.45) is 4.18. The average molecular weight is 428 g/mol. The first-order valence-corrected chi connectivity index (χ1v) is 10.5. The van der Waals surface area contributed by atoms with E-state index in [1.807, 2.05) is 17.0 Å². The fourth-order valence-electron chi connectivity index (χ4n) is 3.53.